The molecule has 166 valence electrons. The maximum absolute atomic E-state index is 6.18. The van der Waals surface area contributed by atoms with E-state index in [2.05, 4.69) is 127 Å². The quantitative estimate of drug-likeness (QED) is 0.233. The van der Waals surface area contributed by atoms with Crippen molar-refractivity contribution >= 4 is 23.2 Å². The first kappa shape index (κ1) is 22.1. The maximum atomic E-state index is 6.18. The highest BCUT2D eigenvalue weighted by molar-refractivity contribution is 7.95. The van der Waals surface area contributed by atoms with Gasteiger partial charge in [0.2, 0.25) is 0 Å². The molecule has 5 rings (SSSR count). The van der Waals surface area contributed by atoms with Crippen molar-refractivity contribution < 1.29 is 4.74 Å². The summed E-state index contributed by atoms with van der Waals surface area (Å²) in [6, 6.07) is 52.0. The molecule has 0 aliphatic heterocycles. The van der Waals surface area contributed by atoms with Crippen molar-refractivity contribution in [2.45, 2.75) is 12.8 Å². The van der Waals surface area contributed by atoms with Gasteiger partial charge in [0, 0.05) is 0 Å². The second-order valence-corrected chi connectivity index (χ2v) is 11.9. The van der Waals surface area contributed by atoms with Gasteiger partial charge < -0.3 is 4.74 Å². The van der Waals surface area contributed by atoms with Crippen molar-refractivity contribution in [2.75, 3.05) is 0 Å². The Morgan fingerprint density at radius 2 is 0.882 bits per heavy atom. The molecule has 0 amide bonds. The summed E-state index contributed by atoms with van der Waals surface area (Å²) < 4.78 is 6.18. The van der Waals surface area contributed by atoms with Gasteiger partial charge in [-0.25, -0.2) is 0 Å². The molecule has 0 aromatic heterocycles. The van der Waals surface area contributed by atoms with Crippen LogP contribution in [0.3, 0.4) is 0 Å². The van der Waals surface area contributed by atoms with E-state index in [1.807, 2.05) is 18.2 Å². The summed E-state index contributed by atoms with van der Waals surface area (Å²) in [5.41, 5.74) is 2.46. The SMILES string of the molecule is c1ccc(COc2cccc(C[P+](c3ccccc3)(c3ccccc3)c3ccccc3)c2)cc1. The van der Waals surface area contributed by atoms with Gasteiger partial charge in [-0.3, -0.25) is 0 Å². The molecule has 0 aliphatic carbocycles. The lowest BCUT2D eigenvalue weighted by molar-refractivity contribution is 0.306. The van der Waals surface area contributed by atoms with Crippen molar-refractivity contribution in [3.05, 3.63) is 157 Å². The molecular formula is C32H28OP+. The van der Waals surface area contributed by atoms with Crippen LogP contribution in [0.5, 0.6) is 5.75 Å². The van der Waals surface area contributed by atoms with Gasteiger partial charge >= 0.3 is 0 Å². The van der Waals surface area contributed by atoms with E-state index >= 15 is 0 Å². The molecule has 0 saturated heterocycles. The van der Waals surface area contributed by atoms with E-state index in [9.17, 15) is 0 Å². The van der Waals surface area contributed by atoms with E-state index in [-0.39, 0.29) is 0 Å². The third-order valence-corrected chi connectivity index (χ3v) is 10.5. The third-order valence-electron chi connectivity index (χ3n) is 6.16. The fourth-order valence-corrected chi connectivity index (χ4v) is 8.75. The molecule has 0 unspecified atom stereocenters. The molecule has 5 aromatic carbocycles. The molecule has 2 heteroatoms. The molecule has 0 saturated carbocycles. The summed E-state index contributed by atoms with van der Waals surface area (Å²) in [6.45, 7) is 0.570. The summed E-state index contributed by atoms with van der Waals surface area (Å²) in [5.74, 6) is 0.911. The van der Waals surface area contributed by atoms with Crippen LogP contribution in [-0.4, -0.2) is 0 Å². The van der Waals surface area contributed by atoms with Gasteiger partial charge in [0.25, 0.3) is 0 Å². The highest BCUT2D eigenvalue weighted by atomic mass is 31.2. The highest BCUT2D eigenvalue weighted by Gasteiger charge is 2.45. The predicted molar refractivity (Wildman–Crippen MR) is 146 cm³/mol. The van der Waals surface area contributed by atoms with Gasteiger partial charge in [-0.1, -0.05) is 97.1 Å². The smallest absolute Gasteiger partial charge is 0.120 e. The second kappa shape index (κ2) is 10.5. The van der Waals surface area contributed by atoms with Crippen LogP contribution in [0.1, 0.15) is 11.1 Å². The Morgan fingerprint density at radius 3 is 1.38 bits per heavy atom. The molecule has 0 N–H and O–H groups in total. The molecule has 0 atom stereocenters. The molecular weight excluding hydrogens is 431 g/mol. The number of ether oxygens (including phenoxy) is 1. The zero-order valence-electron chi connectivity index (χ0n) is 19.1. The van der Waals surface area contributed by atoms with E-state index < -0.39 is 7.26 Å². The number of hydrogen-bond donors (Lipinski definition) is 0. The molecule has 0 spiro atoms. The first-order chi connectivity index (χ1) is 16.8. The van der Waals surface area contributed by atoms with Crippen molar-refractivity contribution in [2.24, 2.45) is 0 Å². The molecule has 0 heterocycles. The van der Waals surface area contributed by atoms with Gasteiger partial charge in [0.15, 0.2) is 0 Å². The van der Waals surface area contributed by atoms with Gasteiger partial charge in [-0.05, 0) is 59.7 Å². The van der Waals surface area contributed by atoms with Gasteiger partial charge in [0.1, 0.15) is 35.5 Å². The van der Waals surface area contributed by atoms with E-state index in [1.54, 1.807) is 0 Å². The molecule has 0 fully saturated rings. The summed E-state index contributed by atoms with van der Waals surface area (Å²) in [4.78, 5) is 0. The Hall–Kier alpha value is -3.67. The normalized spacial score (nSPS) is 11.2. The number of rotatable bonds is 8. The van der Waals surface area contributed by atoms with E-state index in [0.29, 0.717) is 6.61 Å². The molecule has 5 aromatic rings. The first-order valence-electron chi connectivity index (χ1n) is 11.7. The van der Waals surface area contributed by atoms with Crippen LogP contribution in [0.4, 0.5) is 0 Å². The number of benzene rings is 5. The predicted octanol–water partition coefficient (Wildman–Crippen LogP) is 6.76. The summed E-state index contributed by atoms with van der Waals surface area (Å²) >= 11 is 0. The minimum absolute atomic E-state index is 0.570. The van der Waals surface area contributed by atoms with Crippen LogP contribution in [0.2, 0.25) is 0 Å². The van der Waals surface area contributed by atoms with Crippen molar-refractivity contribution in [1.29, 1.82) is 0 Å². The molecule has 0 aliphatic rings. The van der Waals surface area contributed by atoms with Gasteiger partial charge in [-0.15, -0.1) is 0 Å². The average Bonchev–Trinajstić information content (AvgIpc) is 2.93. The zero-order valence-corrected chi connectivity index (χ0v) is 20.0. The van der Waals surface area contributed by atoms with Crippen molar-refractivity contribution in [3.63, 3.8) is 0 Å². The maximum Gasteiger partial charge on any atom is 0.120 e. The largest absolute Gasteiger partial charge is 0.489 e. The lowest BCUT2D eigenvalue weighted by atomic mass is 10.2. The third kappa shape index (κ3) is 4.81. The van der Waals surface area contributed by atoms with Crippen LogP contribution in [-0.2, 0) is 12.8 Å². The number of hydrogen-bond acceptors (Lipinski definition) is 1. The Morgan fingerprint density at radius 1 is 0.441 bits per heavy atom. The Labute approximate surface area is 203 Å². The van der Waals surface area contributed by atoms with Crippen LogP contribution in [0.25, 0.3) is 0 Å². The van der Waals surface area contributed by atoms with Crippen LogP contribution in [0, 0.1) is 0 Å². The van der Waals surface area contributed by atoms with E-state index in [1.165, 1.54) is 27.0 Å². The lowest BCUT2D eigenvalue weighted by Gasteiger charge is -2.28. The zero-order chi connectivity index (χ0) is 23.1. The standard InChI is InChI=1S/C32H28OP/c1-5-14-27(15-6-1)25-33-29-17-13-16-28(24-29)26-34(30-18-7-2-8-19-30,31-20-9-3-10-21-31)32-22-11-4-12-23-32/h1-24H,25-26H2/q+1. The van der Waals surface area contributed by atoms with Crippen LogP contribution < -0.4 is 20.7 Å². The topological polar surface area (TPSA) is 9.23 Å². The highest BCUT2D eigenvalue weighted by Crippen LogP contribution is 2.58. The molecule has 34 heavy (non-hydrogen) atoms. The van der Waals surface area contributed by atoms with Crippen molar-refractivity contribution in [3.8, 4) is 5.75 Å². The Kier molecular flexibility index (Phi) is 6.84. The summed E-state index contributed by atoms with van der Waals surface area (Å²) in [5, 5.41) is 4.18. The summed E-state index contributed by atoms with van der Waals surface area (Å²) in [6.07, 6.45) is 0.938. The lowest BCUT2D eigenvalue weighted by Crippen LogP contribution is -2.32. The molecule has 0 radical (unpaired) electrons. The second-order valence-electron chi connectivity index (χ2n) is 8.40. The fourth-order valence-electron chi connectivity index (χ4n) is 4.52. The first-order valence-corrected chi connectivity index (χ1v) is 13.6. The Bertz CT molecular complexity index is 1210. The average molecular weight is 460 g/mol. The van der Waals surface area contributed by atoms with E-state index in [4.69, 9.17) is 4.74 Å². The minimum atomic E-state index is -1.93. The van der Waals surface area contributed by atoms with E-state index in [0.717, 1.165) is 11.9 Å². The van der Waals surface area contributed by atoms with Crippen LogP contribution >= 0.6 is 7.26 Å². The van der Waals surface area contributed by atoms with Crippen molar-refractivity contribution in [1.82, 2.24) is 0 Å². The fraction of sp³-hybridized carbons (Fsp3) is 0.0625. The van der Waals surface area contributed by atoms with Gasteiger partial charge in [-0.2, -0.15) is 0 Å². The van der Waals surface area contributed by atoms with Gasteiger partial charge in [0.05, 0.1) is 6.16 Å². The van der Waals surface area contributed by atoms with Crippen LogP contribution in [0.15, 0.2) is 146 Å². The Balaban J connectivity index is 1.57. The summed E-state index contributed by atoms with van der Waals surface area (Å²) in [7, 11) is -1.93. The molecule has 0 bridgehead atoms. The minimum Gasteiger partial charge on any atom is -0.489 e. The monoisotopic (exact) mass is 459 g/mol. The molecule has 1 nitrogen and oxygen atoms in total.